The number of carbonyl (C=O) groups is 1. The van der Waals surface area contributed by atoms with Crippen LogP contribution in [0.1, 0.15) is 27.2 Å². The van der Waals surface area contributed by atoms with E-state index in [0.29, 0.717) is 19.5 Å². The molecule has 1 amide bonds. The molecule has 1 saturated heterocycles. The summed E-state index contributed by atoms with van der Waals surface area (Å²) in [5, 5.41) is 0. The third-order valence-corrected chi connectivity index (χ3v) is 2.64. The molecule has 1 aliphatic rings. The molecule has 0 saturated carbocycles. The minimum atomic E-state index is -2.03. The monoisotopic (exact) mass is 250 g/mol. The van der Waals surface area contributed by atoms with Crippen molar-refractivity contribution in [2.75, 3.05) is 13.1 Å². The molecule has 94 valence electrons. The van der Waals surface area contributed by atoms with Crippen LogP contribution in [0.15, 0.2) is 0 Å². The SMILES string of the molecule is CC(C)(C)OC(=O)N1CCC(NS(=O)O)C1. The highest BCUT2D eigenvalue weighted by atomic mass is 32.2. The zero-order valence-electron chi connectivity index (χ0n) is 9.73. The standard InChI is InChI=1S/C9H18N2O4S/c1-9(2,3)15-8(12)11-5-4-7(6-11)10-16(13)14/h7,10H,4-6H2,1-3H3,(H,13,14). The smallest absolute Gasteiger partial charge is 0.410 e. The fourth-order valence-corrected chi connectivity index (χ4v) is 1.97. The molecule has 0 radical (unpaired) electrons. The molecule has 0 aromatic rings. The van der Waals surface area contributed by atoms with Gasteiger partial charge in [-0.15, -0.1) is 0 Å². The van der Waals surface area contributed by atoms with Crippen molar-refractivity contribution in [2.45, 2.75) is 38.8 Å². The van der Waals surface area contributed by atoms with E-state index in [4.69, 9.17) is 9.29 Å². The van der Waals surface area contributed by atoms with Crippen LogP contribution < -0.4 is 4.72 Å². The van der Waals surface area contributed by atoms with Crippen LogP contribution in [-0.2, 0) is 16.0 Å². The van der Waals surface area contributed by atoms with Crippen LogP contribution in [0, 0.1) is 0 Å². The van der Waals surface area contributed by atoms with Gasteiger partial charge in [-0.1, -0.05) is 0 Å². The predicted octanol–water partition coefficient (Wildman–Crippen LogP) is 0.722. The highest BCUT2D eigenvalue weighted by Gasteiger charge is 2.30. The Balaban J connectivity index is 2.41. The first kappa shape index (κ1) is 13.4. The Morgan fingerprint density at radius 2 is 2.19 bits per heavy atom. The van der Waals surface area contributed by atoms with Crippen molar-refractivity contribution >= 4 is 17.4 Å². The van der Waals surface area contributed by atoms with Crippen molar-refractivity contribution in [1.82, 2.24) is 9.62 Å². The zero-order chi connectivity index (χ0) is 12.3. The molecule has 0 aliphatic carbocycles. The van der Waals surface area contributed by atoms with Gasteiger partial charge in [-0.3, -0.25) is 4.55 Å². The van der Waals surface area contributed by atoms with Crippen LogP contribution in [0.3, 0.4) is 0 Å². The molecule has 16 heavy (non-hydrogen) atoms. The summed E-state index contributed by atoms with van der Waals surface area (Å²) in [5.74, 6) is 0. The van der Waals surface area contributed by atoms with Crippen molar-refractivity contribution in [3.63, 3.8) is 0 Å². The van der Waals surface area contributed by atoms with Crippen molar-refractivity contribution < 1.29 is 18.3 Å². The molecule has 0 spiro atoms. The van der Waals surface area contributed by atoms with Gasteiger partial charge in [-0.05, 0) is 27.2 Å². The minimum absolute atomic E-state index is 0.140. The van der Waals surface area contributed by atoms with Gasteiger partial charge in [0.1, 0.15) is 5.60 Å². The van der Waals surface area contributed by atoms with E-state index in [1.807, 2.05) is 0 Å². The topological polar surface area (TPSA) is 78.9 Å². The lowest BCUT2D eigenvalue weighted by Crippen LogP contribution is -2.38. The summed E-state index contributed by atoms with van der Waals surface area (Å²) in [7, 11) is 0. The van der Waals surface area contributed by atoms with Gasteiger partial charge in [0.2, 0.25) is 11.3 Å². The molecule has 2 N–H and O–H groups in total. The molecule has 1 aliphatic heterocycles. The molecule has 2 unspecified atom stereocenters. The van der Waals surface area contributed by atoms with E-state index in [2.05, 4.69) is 4.72 Å². The lowest BCUT2D eigenvalue weighted by molar-refractivity contribution is 0.0292. The minimum Gasteiger partial charge on any atom is -0.444 e. The van der Waals surface area contributed by atoms with Gasteiger partial charge < -0.3 is 9.64 Å². The molecule has 0 aromatic heterocycles. The number of ether oxygens (including phenoxy) is 1. The van der Waals surface area contributed by atoms with Gasteiger partial charge in [-0.25, -0.2) is 13.7 Å². The summed E-state index contributed by atoms with van der Waals surface area (Å²) in [6.45, 7) is 6.36. The highest BCUT2D eigenvalue weighted by Crippen LogP contribution is 2.15. The quantitative estimate of drug-likeness (QED) is 0.708. The third kappa shape index (κ3) is 4.46. The second-order valence-corrected chi connectivity index (χ2v) is 5.51. The van der Waals surface area contributed by atoms with Gasteiger partial charge in [0.15, 0.2) is 0 Å². The first-order chi connectivity index (χ1) is 7.28. The van der Waals surface area contributed by atoms with Crippen molar-refractivity contribution in [2.24, 2.45) is 0 Å². The molecular weight excluding hydrogens is 232 g/mol. The lowest BCUT2D eigenvalue weighted by atomic mass is 10.2. The molecular formula is C9H18N2O4S. The third-order valence-electron chi connectivity index (χ3n) is 2.11. The summed E-state index contributed by atoms with van der Waals surface area (Å²) in [5.41, 5.74) is -0.512. The van der Waals surface area contributed by atoms with E-state index >= 15 is 0 Å². The fraction of sp³-hybridized carbons (Fsp3) is 0.889. The number of nitrogens with zero attached hydrogens (tertiary/aromatic N) is 1. The predicted molar refractivity (Wildman–Crippen MR) is 60.1 cm³/mol. The van der Waals surface area contributed by atoms with Crippen LogP contribution in [-0.4, -0.2) is 44.5 Å². The van der Waals surface area contributed by atoms with Crippen LogP contribution in [0.2, 0.25) is 0 Å². The van der Waals surface area contributed by atoms with Gasteiger partial charge >= 0.3 is 6.09 Å². The normalized spacial score (nSPS) is 23.2. The number of carbonyl (C=O) groups excluding carboxylic acids is 1. The van der Waals surface area contributed by atoms with Crippen molar-refractivity contribution in [3.05, 3.63) is 0 Å². The average molecular weight is 250 g/mol. The Bertz CT molecular complexity index is 290. The molecule has 7 heteroatoms. The lowest BCUT2D eigenvalue weighted by Gasteiger charge is -2.24. The Kier molecular flexibility index (Phi) is 4.28. The summed E-state index contributed by atoms with van der Waals surface area (Å²) < 4.78 is 26.8. The fourth-order valence-electron chi connectivity index (χ4n) is 1.49. The maximum atomic E-state index is 11.6. The Hall–Kier alpha value is -0.660. The van der Waals surface area contributed by atoms with Crippen LogP contribution in [0.5, 0.6) is 0 Å². The molecule has 0 aromatic carbocycles. The maximum absolute atomic E-state index is 11.6. The first-order valence-corrected chi connectivity index (χ1v) is 6.23. The molecule has 1 heterocycles. The van der Waals surface area contributed by atoms with Crippen molar-refractivity contribution in [1.29, 1.82) is 0 Å². The summed E-state index contributed by atoms with van der Waals surface area (Å²) in [6, 6.07) is -0.140. The Morgan fingerprint density at radius 1 is 1.56 bits per heavy atom. The highest BCUT2D eigenvalue weighted by molar-refractivity contribution is 7.77. The summed E-state index contributed by atoms with van der Waals surface area (Å²) in [6.07, 6.45) is 0.284. The number of nitrogens with one attached hydrogen (secondary N) is 1. The van der Waals surface area contributed by atoms with E-state index in [1.165, 1.54) is 4.90 Å². The molecule has 1 fully saturated rings. The van der Waals surface area contributed by atoms with Crippen molar-refractivity contribution in [3.8, 4) is 0 Å². The van der Waals surface area contributed by atoms with E-state index in [-0.39, 0.29) is 12.1 Å². The summed E-state index contributed by atoms with van der Waals surface area (Å²) >= 11 is -2.03. The van der Waals surface area contributed by atoms with E-state index in [1.54, 1.807) is 20.8 Å². The molecule has 6 nitrogen and oxygen atoms in total. The van der Waals surface area contributed by atoms with E-state index in [0.717, 1.165) is 0 Å². The van der Waals surface area contributed by atoms with Crippen LogP contribution in [0.25, 0.3) is 0 Å². The molecule has 2 atom stereocenters. The Morgan fingerprint density at radius 3 is 2.69 bits per heavy atom. The van der Waals surface area contributed by atoms with Crippen LogP contribution >= 0.6 is 0 Å². The second kappa shape index (κ2) is 5.11. The van der Waals surface area contributed by atoms with Gasteiger partial charge in [0, 0.05) is 19.1 Å². The summed E-state index contributed by atoms with van der Waals surface area (Å²) in [4.78, 5) is 13.2. The number of hydrogen-bond donors (Lipinski definition) is 2. The van der Waals surface area contributed by atoms with Gasteiger partial charge in [0.25, 0.3) is 0 Å². The van der Waals surface area contributed by atoms with Gasteiger partial charge in [0.05, 0.1) is 0 Å². The molecule has 0 bridgehead atoms. The van der Waals surface area contributed by atoms with E-state index < -0.39 is 16.9 Å². The zero-order valence-corrected chi connectivity index (χ0v) is 10.5. The Labute approximate surface area is 97.8 Å². The maximum Gasteiger partial charge on any atom is 0.410 e. The number of rotatable bonds is 2. The van der Waals surface area contributed by atoms with Crippen LogP contribution in [0.4, 0.5) is 4.79 Å². The largest absolute Gasteiger partial charge is 0.444 e. The number of amides is 1. The van der Waals surface area contributed by atoms with Gasteiger partial charge in [-0.2, -0.15) is 0 Å². The number of likely N-dealkylation sites (tertiary alicyclic amines) is 1. The first-order valence-electron chi connectivity index (χ1n) is 5.13. The number of hydrogen-bond acceptors (Lipinski definition) is 3. The van der Waals surface area contributed by atoms with E-state index in [9.17, 15) is 9.00 Å². The molecule has 1 rings (SSSR count). The second-order valence-electron chi connectivity index (χ2n) is 4.78. The average Bonchev–Trinajstić information content (AvgIpc) is 2.48.